The van der Waals surface area contributed by atoms with Crippen LogP contribution in [0.5, 0.6) is 0 Å². The molecule has 0 aliphatic carbocycles. The van der Waals surface area contributed by atoms with E-state index < -0.39 is 11.6 Å². The average Bonchev–Trinajstić information content (AvgIpc) is 2.96. The van der Waals surface area contributed by atoms with Crippen molar-refractivity contribution in [3.8, 4) is 0 Å². The van der Waals surface area contributed by atoms with Crippen molar-refractivity contribution in [2.75, 3.05) is 29.9 Å². The van der Waals surface area contributed by atoms with Gasteiger partial charge in [-0.25, -0.2) is 8.78 Å². The number of nitrogens with two attached hydrogens (primary N) is 1. The lowest BCUT2D eigenvalue weighted by Gasteiger charge is -2.22. The maximum absolute atomic E-state index is 13.8. The van der Waals surface area contributed by atoms with E-state index in [4.69, 9.17) is 0 Å². The van der Waals surface area contributed by atoms with Crippen molar-refractivity contribution in [2.24, 2.45) is 0 Å². The van der Waals surface area contributed by atoms with Crippen molar-refractivity contribution in [3.63, 3.8) is 0 Å². The number of amides is 1. The highest BCUT2D eigenvalue weighted by molar-refractivity contribution is 5.91. The summed E-state index contributed by atoms with van der Waals surface area (Å²) in [6, 6.07) is 11.2. The van der Waals surface area contributed by atoms with E-state index >= 15 is 0 Å². The second kappa shape index (κ2) is 9.64. The first-order valence-electron chi connectivity index (χ1n) is 9.96. The molecular weight excluding hydrogens is 360 g/mol. The van der Waals surface area contributed by atoms with Gasteiger partial charge in [-0.1, -0.05) is 12.8 Å². The predicted octanol–water partition coefficient (Wildman–Crippen LogP) is 3.61. The monoisotopic (exact) mass is 388 g/mol. The van der Waals surface area contributed by atoms with Crippen molar-refractivity contribution in [2.45, 2.75) is 38.6 Å². The molecule has 150 valence electrons. The highest BCUT2D eigenvalue weighted by Crippen LogP contribution is 2.21. The van der Waals surface area contributed by atoms with Crippen molar-refractivity contribution < 1.29 is 18.9 Å². The Balaban J connectivity index is 1.50. The lowest BCUT2D eigenvalue weighted by Crippen LogP contribution is -2.86. The largest absolute Gasteiger partial charge is 0.372 e. The molecule has 1 atom stereocenters. The molecule has 4 nitrogen and oxygen atoms in total. The highest BCUT2D eigenvalue weighted by Gasteiger charge is 2.16. The van der Waals surface area contributed by atoms with Crippen LogP contribution in [0.15, 0.2) is 42.5 Å². The molecule has 1 saturated heterocycles. The molecule has 1 amide bonds. The third-order valence-electron chi connectivity index (χ3n) is 5.23. The van der Waals surface area contributed by atoms with Crippen LogP contribution in [0.2, 0.25) is 0 Å². The molecule has 1 heterocycles. The molecule has 1 aliphatic rings. The Bertz CT molecular complexity index is 787. The van der Waals surface area contributed by atoms with E-state index in [1.54, 1.807) is 12.2 Å². The van der Waals surface area contributed by atoms with Crippen molar-refractivity contribution in [3.05, 3.63) is 59.7 Å². The zero-order valence-electron chi connectivity index (χ0n) is 16.3. The van der Waals surface area contributed by atoms with E-state index in [9.17, 15) is 13.6 Å². The van der Waals surface area contributed by atoms with Crippen LogP contribution in [-0.4, -0.2) is 25.5 Å². The topological polar surface area (TPSA) is 49.0 Å². The molecule has 0 saturated carbocycles. The van der Waals surface area contributed by atoms with Crippen LogP contribution in [0.25, 0.3) is 0 Å². The summed E-state index contributed by atoms with van der Waals surface area (Å²) in [5.41, 5.74) is 2.32. The summed E-state index contributed by atoms with van der Waals surface area (Å²) in [6.07, 6.45) is 5.03. The number of hydrogen-bond acceptors (Lipinski definition) is 2. The third-order valence-corrected chi connectivity index (χ3v) is 5.23. The summed E-state index contributed by atoms with van der Waals surface area (Å²) in [5, 5.41) is 4.61. The van der Waals surface area contributed by atoms with Crippen molar-refractivity contribution in [1.29, 1.82) is 0 Å². The summed E-state index contributed by atoms with van der Waals surface area (Å²) in [4.78, 5) is 14.6. The summed E-state index contributed by atoms with van der Waals surface area (Å²) >= 11 is 0. The molecule has 0 radical (unpaired) electrons. The molecule has 1 aliphatic heterocycles. The second-order valence-electron chi connectivity index (χ2n) is 7.39. The number of anilines is 2. The van der Waals surface area contributed by atoms with E-state index in [2.05, 4.69) is 10.2 Å². The summed E-state index contributed by atoms with van der Waals surface area (Å²) in [5.74, 6) is -1.35. The number of halogens is 2. The zero-order chi connectivity index (χ0) is 19.9. The number of nitrogens with one attached hydrogen (secondary N) is 1. The molecule has 1 fully saturated rings. The number of rotatable bonds is 6. The van der Waals surface area contributed by atoms with Crippen LogP contribution < -0.4 is 15.5 Å². The van der Waals surface area contributed by atoms with Gasteiger partial charge in [-0.3, -0.25) is 4.79 Å². The van der Waals surface area contributed by atoms with Crippen LogP contribution in [0.3, 0.4) is 0 Å². The first-order valence-corrected chi connectivity index (χ1v) is 9.96. The first kappa shape index (κ1) is 20.3. The molecule has 0 bridgehead atoms. The minimum atomic E-state index is -0.602. The second-order valence-corrected chi connectivity index (χ2v) is 7.39. The van der Waals surface area contributed by atoms with Crippen LogP contribution in [-0.2, 0) is 4.79 Å². The molecular formula is C22H28F2N3O+. The SMILES string of the molecule is C[C@@H]([NH2+]CC(=O)Nc1ccc(N2CCCCCC2)cc1)c1ccc(F)cc1F. The van der Waals surface area contributed by atoms with Crippen LogP contribution >= 0.6 is 0 Å². The fraction of sp³-hybridized carbons (Fsp3) is 0.409. The lowest BCUT2D eigenvalue weighted by molar-refractivity contribution is -0.682. The molecule has 2 aromatic carbocycles. The van der Waals surface area contributed by atoms with Crippen molar-refractivity contribution in [1.82, 2.24) is 0 Å². The molecule has 6 heteroatoms. The van der Waals surface area contributed by atoms with Crippen LogP contribution in [0, 0.1) is 11.6 Å². The Morgan fingerprint density at radius 1 is 1.07 bits per heavy atom. The zero-order valence-corrected chi connectivity index (χ0v) is 16.3. The fourth-order valence-electron chi connectivity index (χ4n) is 3.58. The Morgan fingerprint density at radius 3 is 2.39 bits per heavy atom. The molecule has 28 heavy (non-hydrogen) atoms. The highest BCUT2D eigenvalue weighted by atomic mass is 19.1. The Hall–Kier alpha value is -2.47. The van der Waals surface area contributed by atoms with Gasteiger partial charge in [0.25, 0.3) is 5.91 Å². The van der Waals surface area contributed by atoms with Gasteiger partial charge in [0.05, 0.1) is 0 Å². The van der Waals surface area contributed by atoms with E-state index in [-0.39, 0.29) is 18.5 Å². The van der Waals surface area contributed by atoms with Gasteiger partial charge in [-0.15, -0.1) is 0 Å². The lowest BCUT2D eigenvalue weighted by atomic mass is 10.1. The summed E-state index contributed by atoms with van der Waals surface area (Å²) < 4.78 is 26.8. The molecule has 3 N–H and O–H groups in total. The summed E-state index contributed by atoms with van der Waals surface area (Å²) in [7, 11) is 0. The summed E-state index contributed by atoms with van der Waals surface area (Å²) in [6.45, 7) is 4.11. The number of nitrogens with zero attached hydrogens (tertiary/aromatic N) is 1. The predicted molar refractivity (Wildman–Crippen MR) is 107 cm³/mol. The minimum absolute atomic E-state index is 0.156. The maximum Gasteiger partial charge on any atom is 0.279 e. The van der Waals surface area contributed by atoms with Crippen LogP contribution in [0.1, 0.15) is 44.2 Å². The average molecular weight is 388 g/mol. The number of hydrogen-bond donors (Lipinski definition) is 2. The van der Waals surface area contributed by atoms with E-state index in [1.807, 2.05) is 24.3 Å². The number of carbonyl (C=O) groups excluding carboxylic acids is 1. The van der Waals surface area contributed by atoms with Gasteiger partial charge >= 0.3 is 0 Å². The number of quaternary nitrogens is 1. The molecule has 0 unspecified atom stereocenters. The smallest absolute Gasteiger partial charge is 0.279 e. The Kier molecular flexibility index (Phi) is 6.98. The number of benzene rings is 2. The standard InChI is InChI=1S/C22H27F2N3O/c1-16(20-11-6-17(23)14-21(20)24)25-15-22(28)26-18-7-9-19(10-8-18)27-12-4-2-3-5-13-27/h6-11,14,16,25H,2-5,12-13,15H2,1H3,(H,26,28)/p+1/t16-/m1/s1. The van der Waals surface area contributed by atoms with Crippen LogP contribution in [0.4, 0.5) is 20.2 Å². The molecule has 0 spiro atoms. The molecule has 2 aromatic rings. The Morgan fingerprint density at radius 2 is 1.75 bits per heavy atom. The van der Waals surface area contributed by atoms with Gasteiger partial charge in [0.15, 0.2) is 6.54 Å². The third kappa shape index (κ3) is 5.52. The quantitative estimate of drug-likeness (QED) is 0.794. The van der Waals surface area contributed by atoms with Gasteiger partial charge in [0, 0.05) is 36.1 Å². The van der Waals surface area contributed by atoms with Gasteiger partial charge in [-0.05, 0) is 56.2 Å². The fourth-order valence-corrected chi connectivity index (χ4v) is 3.58. The molecule has 3 rings (SSSR count). The maximum atomic E-state index is 13.8. The van der Waals surface area contributed by atoms with Gasteiger partial charge in [0.1, 0.15) is 17.7 Å². The minimum Gasteiger partial charge on any atom is -0.372 e. The van der Waals surface area contributed by atoms with E-state index in [0.29, 0.717) is 5.56 Å². The first-order chi connectivity index (χ1) is 13.5. The van der Waals surface area contributed by atoms with E-state index in [0.717, 1.165) is 24.8 Å². The Labute approximate surface area is 164 Å². The van der Waals surface area contributed by atoms with Gasteiger partial charge in [-0.2, -0.15) is 0 Å². The molecule has 0 aromatic heterocycles. The van der Waals surface area contributed by atoms with Crippen molar-refractivity contribution >= 4 is 17.3 Å². The normalized spacial score (nSPS) is 15.8. The number of carbonyl (C=O) groups is 1. The van der Waals surface area contributed by atoms with E-state index in [1.165, 1.54) is 43.5 Å². The van der Waals surface area contributed by atoms with Gasteiger partial charge in [0.2, 0.25) is 0 Å². The van der Waals surface area contributed by atoms with Gasteiger partial charge < -0.3 is 15.5 Å².